The summed E-state index contributed by atoms with van der Waals surface area (Å²) in [6.45, 7) is 2.11. The van der Waals surface area contributed by atoms with Gasteiger partial charge in [0.05, 0.1) is 17.9 Å². The Morgan fingerprint density at radius 2 is 1.95 bits per heavy atom. The molecule has 1 aliphatic carbocycles. The number of aryl methyl sites for hydroxylation is 1. The molecule has 0 aromatic heterocycles. The molecule has 2 rings (SSSR count). The van der Waals surface area contributed by atoms with Crippen molar-refractivity contribution in [2.45, 2.75) is 18.1 Å². The third-order valence-electron chi connectivity index (χ3n) is 3.75. The maximum atomic E-state index is 11.9. The summed E-state index contributed by atoms with van der Waals surface area (Å²) in [6, 6.07) is 9.83. The maximum absolute atomic E-state index is 11.9. The van der Waals surface area contributed by atoms with Crippen LogP contribution in [-0.2, 0) is 14.6 Å². The van der Waals surface area contributed by atoms with Crippen LogP contribution < -0.4 is 0 Å². The van der Waals surface area contributed by atoms with E-state index >= 15 is 0 Å². The van der Waals surface area contributed by atoms with Crippen LogP contribution in [0.2, 0.25) is 0 Å². The summed E-state index contributed by atoms with van der Waals surface area (Å²) in [7, 11) is -1.79. The van der Waals surface area contributed by atoms with E-state index in [0.717, 1.165) is 11.1 Å². The van der Waals surface area contributed by atoms with E-state index in [1.807, 2.05) is 31.2 Å². The first-order valence-electron chi connectivity index (χ1n) is 6.02. The van der Waals surface area contributed by atoms with Crippen molar-refractivity contribution in [3.63, 3.8) is 0 Å². The standard InChI is InChI=1S/C14H17NO3S/c1-10-4-6-11(7-5-10)12-13(19(3,16)17)14(12,8-15)9-18-2/h4-7,12-13H,9H2,1-3H3. The van der Waals surface area contributed by atoms with Crippen molar-refractivity contribution in [3.8, 4) is 6.07 Å². The lowest BCUT2D eigenvalue weighted by atomic mass is 10.0. The first-order valence-corrected chi connectivity index (χ1v) is 7.98. The molecule has 0 N–H and O–H groups in total. The first-order chi connectivity index (χ1) is 8.86. The van der Waals surface area contributed by atoms with Crippen LogP contribution in [0.5, 0.6) is 0 Å². The molecule has 0 spiro atoms. The zero-order valence-corrected chi connectivity index (χ0v) is 12.1. The van der Waals surface area contributed by atoms with E-state index in [1.54, 1.807) is 0 Å². The van der Waals surface area contributed by atoms with Gasteiger partial charge in [-0.25, -0.2) is 8.42 Å². The van der Waals surface area contributed by atoms with Crippen LogP contribution in [0.4, 0.5) is 0 Å². The third kappa shape index (κ3) is 2.26. The molecule has 0 amide bonds. The van der Waals surface area contributed by atoms with Gasteiger partial charge < -0.3 is 4.74 Å². The van der Waals surface area contributed by atoms with Crippen molar-refractivity contribution in [3.05, 3.63) is 35.4 Å². The Hall–Kier alpha value is -1.38. The van der Waals surface area contributed by atoms with E-state index in [-0.39, 0.29) is 12.5 Å². The van der Waals surface area contributed by atoms with Crippen LogP contribution in [0.15, 0.2) is 24.3 Å². The summed E-state index contributed by atoms with van der Waals surface area (Å²) in [5.41, 5.74) is 1.05. The summed E-state index contributed by atoms with van der Waals surface area (Å²) >= 11 is 0. The van der Waals surface area contributed by atoms with Crippen LogP contribution in [0.25, 0.3) is 0 Å². The lowest BCUT2D eigenvalue weighted by Gasteiger charge is -2.07. The fourth-order valence-electron chi connectivity index (χ4n) is 2.86. The molecule has 1 fully saturated rings. The van der Waals surface area contributed by atoms with Gasteiger partial charge in [0.25, 0.3) is 0 Å². The van der Waals surface area contributed by atoms with E-state index in [9.17, 15) is 13.7 Å². The highest BCUT2D eigenvalue weighted by atomic mass is 32.2. The fraction of sp³-hybridized carbons (Fsp3) is 0.500. The summed E-state index contributed by atoms with van der Waals surface area (Å²) in [5.74, 6) is -0.298. The Labute approximate surface area is 113 Å². The van der Waals surface area contributed by atoms with Crippen LogP contribution in [-0.4, -0.2) is 33.6 Å². The van der Waals surface area contributed by atoms with Gasteiger partial charge in [0.2, 0.25) is 0 Å². The second-order valence-electron chi connectivity index (χ2n) is 5.22. The topological polar surface area (TPSA) is 67.2 Å². The Balaban J connectivity index is 2.44. The highest BCUT2D eigenvalue weighted by Crippen LogP contribution is 2.62. The number of ether oxygens (including phenoxy) is 1. The molecule has 0 heterocycles. The lowest BCUT2D eigenvalue weighted by molar-refractivity contribution is 0.162. The van der Waals surface area contributed by atoms with Gasteiger partial charge in [0.15, 0.2) is 9.84 Å². The molecule has 0 bridgehead atoms. The minimum Gasteiger partial charge on any atom is -0.383 e. The van der Waals surface area contributed by atoms with E-state index < -0.39 is 20.5 Å². The molecular formula is C14H17NO3S. The minimum atomic E-state index is -3.28. The Morgan fingerprint density at radius 3 is 2.37 bits per heavy atom. The molecule has 3 atom stereocenters. The predicted octanol–water partition coefficient (Wildman–Crippen LogP) is 1.66. The van der Waals surface area contributed by atoms with E-state index in [4.69, 9.17) is 4.74 Å². The number of benzene rings is 1. The quantitative estimate of drug-likeness (QED) is 0.840. The highest BCUT2D eigenvalue weighted by molar-refractivity contribution is 7.91. The fourth-order valence-corrected chi connectivity index (χ4v) is 4.70. The molecule has 0 saturated heterocycles. The zero-order valence-electron chi connectivity index (χ0n) is 11.3. The molecule has 1 saturated carbocycles. The largest absolute Gasteiger partial charge is 0.383 e. The number of hydrogen-bond donors (Lipinski definition) is 0. The van der Waals surface area contributed by atoms with Crippen LogP contribution in [0.3, 0.4) is 0 Å². The second-order valence-corrected chi connectivity index (χ2v) is 7.39. The highest BCUT2D eigenvalue weighted by Gasteiger charge is 2.71. The maximum Gasteiger partial charge on any atom is 0.152 e. The third-order valence-corrected chi connectivity index (χ3v) is 5.36. The van der Waals surface area contributed by atoms with Gasteiger partial charge in [-0.05, 0) is 12.5 Å². The van der Waals surface area contributed by atoms with Gasteiger partial charge in [0, 0.05) is 19.3 Å². The number of nitriles is 1. The summed E-state index contributed by atoms with van der Waals surface area (Å²) < 4.78 is 28.8. The van der Waals surface area contributed by atoms with Crippen molar-refractivity contribution in [2.24, 2.45) is 5.41 Å². The molecule has 1 aromatic carbocycles. The monoisotopic (exact) mass is 279 g/mol. The number of rotatable bonds is 4. The molecule has 102 valence electrons. The van der Waals surface area contributed by atoms with Gasteiger partial charge in [-0.2, -0.15) is 5.26 Å². The van der Waals surface area contributed by atoms with Crippen molar-refractivity contribution >= 4 is 9.84 Å². The Kier molecular flexibility index (Phi) is 3.41. The van der Waals surface area contributed by atoms with E-state index in [1.165, 1.54) is 13.4 Å². The van der Waals surface area contributed by atoms with Crippen LogP contribution in [0, 0.1) is 23.7 Å². The number of hydrogen-bond acceptors (Lipinski definition) is 4. The molecule has 19 heavy (non-hydrogen) atoms. The number of methoxy groups -OCH3 is 1. The Morgan fingerprint density at radius 1 is 1.37 bits per heavy atom. The molecule has 1 aromatic rings. The molecule has 4 nitrogen and oxygen atoms in total. The van der Waals surface area contributed by atoms with Crippen molar-refractivity contribution in [1.82, 2.24) is 0 Å². The second kappa shape index (κ2) is 4.62. The predicted molar refractivity (Wildman–Crippen MR) is 72.5 cm³/mol. The van der Waals surface area contributed by atoms with Crippen molar-refractivity contribution < 1.29 is 13.2 Å². The van der Waals surface area contributed by atoms with E-state index in [0.29, 0.717) is 0 Å². The minimum absolute atomic E-state index is 0.139. The molecule has 0 aliphatic heterocycles. The molecular weight excluding hydrogens is 262 g/mol. The van der Waals surface area contributed by atoms with Gasteiger partial charge in [-0.1, -0.05) is 29.8 Å². The first kappa shape index (κ1) is 14.0. The number of nitrogens with zero attached hydrogens (tertiary/aromatic N) is 1. The van der Waals surface area contributed by atoms with Gasteiger partial charge in [-0.15, -0.1) is 0 Å². The summed E-state index contributed by atoms with van der Waals surface area (Å²) in [4.78, 5) is 0. The van der Waals surface area contributed by atoms with Gasteiger partial charge in [-0.3, -0.25) is 0 Å². The summed E-state index contributed by atoms with van der Waals surface area (Å²) in [5, 5.41) is 8.74. The Bertz CT molecular complexity index is 615. The molecule has 0 radical (unpaired) electrons. The smallest absolute Gasteiger partial charge is 0.152 e. The van der Waals surface area contributed by atoms with Crippen molar-refractivity contribution in [2.75, 3.05) is 20.0 Å². The number of sulfone groups is 1. The van der Waals surface area contributed by atoms with Gasteiger partial charge >= 0.3 is 0 Å². The normalized spacial score (nSPS) is 29.8. The molecule has 1 aliphatic rings. The zero-order chi connectivity index (χ0) is 14.3. The molecule has 3 unspecified atom stereocenters. The van der Waals surface area contributed by atoms with E-state index in [2.05, 4.69) is 6.07 Å². The van der Waals surface area contributed by atoms with Crippen LogP contribution >= 0.6 is 0 Å². The SMILES string of the molecule is COCC1(C#N)C(c2ccc(C)cc2)C1S(C)(=O)=O. The van der Waals surface area contributed by atoms with Crippen molar-refractivity contribution in [1.29, 1.82) is 5.26 Å². The molecule has 5 heteroatoms. The van der Waals surface area contributed by atoms with Crippen LogP contribution in [0.1, 0.15) is 17.0 Å². The summed E-state index contributed by atoms with van der Waals surface area (Å²) in [6.07, 6.45) is 1.19. The van der Waals surface area contributed by atoms with Gasteiger partial charge in [0.1, 0.15) is 5.41 Å². The average molecular weight is 279 g/mol. The average Bonchev–Trinajstić information content (AvgIpc) is 3.00. The lowest BCUT2D eigenvalue weighted by Crippen LogP contribution is -2.17.